The van der Waals surface area contributed by atoms with E-state index in [9.17, 15) is 13.6 Å². The van der Waals surface area contributed by atoms with Gasteiger partial charge in [-0.05, 0) is 31.0 Å². The molecule has 0 radical (unpaired) electrons. The van der Waals surface area contributed by atoms with Gasteiger partial charge >= 0.3 is 0 Å². The van der Waals surface area contributed by atoms with Crippen molar-refractivity contribution in [2.24, 2.45) is 5.92 Å². The first-order chi connectivity index (χ1) is 14.6. The molecule has 0 bridgehead atoms. The molecular formula is C23H22F2N4O. The van der Waals surface area contributed by atoms with Crippen LogP contribution in [0.5, 0.6) is 0 Å². The molecule has 1 atom stereocenters. The predicted octanol–water partition coefficient (Wildman–Crippen LogP) is 3.95. The van der Waals surface area contributed by atoms with E-state index in [-0.39, 0.29) is 23.9 Å². The van der Waals surface area contributed by atoms with E-state index in [1.54, 1.807) is 0 Å². The summed E-state index contributed by atoms with van der Waals surface area (Å²) in [4.78, 5) is 14.6. The molecule has 1 fully saturated rings. The van der Waals surface area contributed by atoms with Crippen LogP contribution in [0.4, 0.5) is 14.6 Å². The molecule has 1 amide bonds. The van der Waals surface area contributed by atoms with E-state index < -0.39 is 11.6 Å². The summed E-state index contributed by atoms with van der Waals surface area (Å²) in [6, 6.07) is 17.0. The number of hydrogen-bond donors (Lipinski definition) is 1. The van der Waals surface area contributed by atoms with Gasteiger partial charge in [-0.3, -0.25) is 4.79 Å². The number of halogens is 2. The maximum atomic E-state index is 13.8. The van der Waals surface area contributed by atoms with E-state index in [1.165, 1.54) is 12.1 Å². The Bertz CT molecular complexity index is 1010. The highest BCUT2D eigenvalue weighted by Gasteiger charge is 2.26. The number of carbonyl (C=O) groups is 1. The molecule has 1 N–H and O–H groups in total. The number of benzene rings is 2. The van der Waals surface area contributed by atoms with E-state index in [0.29, 0.717) is 6.54 Å². The molecular weight excluding hydrogens is 386 g/mol. The second-order valence-electron chi connectivity index (χ2n) is 7.38. The van der Waals surface area contributed by atoms with Gasteiger partial charge in [-0.15, -0.1) is 10.2 Å². The minimum atomic E-state index is -0.658. The molecule has 1 unspecified atom stereocenters. The van der Waals surface area contributed by atoms with Crippen molar-refractivity contribution in [1.82, 2.24) is 15.5 Å². The van der Waals surface area contributed by atoms with Crippen molar-refractivity contribution in [2.45, 2.75) is 19.4 Å². The van der Waals surface area contributed by atoms with Crippen molar-refractivity contribution >= 4 is 11.7 Å². The number of nitrogens with one attached hydrogen (secondary N) is 1. The molecule has 3 aromatic rings. The number of carbonyl (C=O) groups excluding carboxylic acids is 1. The molecule has 2 aromatic carbocycles. The maximum Gasteiger partial charge on any atom is 0.225 e. The van der Waals surface area contributed by atoms with Gasteiger partial charge in [-0.2, -0.15) is 0 Å². The fourth-order valence-electron chi connectivity index (χ4n) is 3.65. The predicted molar refractivity (Wildman–Crippen MR) is 111 cm³/mol. The second kappa shape index (κ2) is 8.98. The number of anilines is 1. The van der Waals surface area contributed by atoms with Gasteiger partial charge in [0.15, 0.2) is 5.82 Å². The van der Waals surface area contributed by atoms with Gasteiger partial charge in [-0.25, -0.2) is 8.78 Å². The van der Waals surface area contributed by atoms with Crippen LogP contribution in [0.25, 0.3) is 11.3 Å². The normalized spacial score (nSPS) is 16.3. The first-order valence-electron chi connectivity index (χ1n) is 9.96. The Morgan fingerprint density at radius 2 is 1.90 bits per heavy atom. The lowest BCUT2D eigenvalue weighted by Gasteiger charge is -2.32. The van der Waals surface area contributed by atoms with Crippen molar-refractivity contribution in [3.63, 3.8) is 0 Å². The van der Waals surface area contributed by atoms with Crippen LogP contribution < -0.4 is 10.2 Å². The largest absolute Gasteiger partial charge is 0.354 e. The van der Waals surface area contributed by atoms with Crippen molar-refractivity contribution < 1.29 is 13.6 Å². The highest BCUT2D eigenvalue weighted by molar-refractivity contribution is 5.79. The van der Waals surface area contributed by atoms with Gasteiger partial charge < -0.3 is 10.2 Å². The molecule has 2 heterocycles. The highest BCUT2D eigenvalue weighted by atomic mass is 19.1. The molecule has 1 aliphatic rings. The van der Waals surface area contributed by atoms with Crippen molar-refractivity contribution in [3.8, 4) is 11.3 Å². The van der Waals surface area contributed by atoms with Crippen LogP contribution >= 0.6 is 0 Å². The first-order valence-corrected chi connectivity index (χ1v) is 9.96. The third-order valence-corrected chi connectivity index (χ3v) is 5.30. The minimum absolute atomic E-state index is 0.0347. The van der Waals surface area contributed by atoms with E-state index in [2.05, 4.69) is 15.5 Å². The smallest absolute Gasteiger partial charge is 0.225 e. The number of aromatic nitrogens is 2. The van der Waals surface area contributed by atoms with Gasteiger partial charge in [0.2, 0.25) is 5.91 Å². The summed E-state index contributed by atoms with van der Waals surface area (Å²) in [5.74, 6) is -0.925. The summed E-state index contributed by atoms with van der Waals surface area (Å²) >= 11 is 0. The summed E-state index contributed by atoms with van der Waals surface area (Å²) in [7, 11) is 0. The summed E-state index contributed by atoms with van der Waals surface area (Å²) < 4.78 is 26.8. The zero-order valence-corrected chi connectivity index (χ0v) is 16.4. The van der Waals surface area contributed by atoms with Crippen LogP contribution in [-0.4, -0.2) is 29.2 Å². The Balaban J connectivity index is 1.37. The molecule has 0 saturated carbocycles. The lowest BCUT2D eigenvalue weighted by molar-refractivity contribution is -0.125. The van der Waals surface area contributed by atoms with Crippen LogP contribution in [0.2, 0.25) is 0 Å². The lowest BCUT2D eigenvalue weighted by Crippen LogP contribution is -2.43. The van der Waals surface area contributed by atoms with E-state index >= 15 is 0 Å². The maximum absolute atomic E-state index is 13.8. The zero-order valence-electron chi connectivity index (χ0n) is 16.4. The SMILES string of the molecule is O=C(NCc1ccc(F)cc1F)C1CCCN(c2ccc(-c3ccccc3)nn2)C1. The van der Waals surface area contributed by atoms with Gasteiger partial charge in [0, 0.05) is 36.8 Å². The standard InChI is InChI=1S/C23H22F2N4O/c24-19-9-8-17(20(25)13-19)14-26-23(30)18-7-4-12-29(15-18)22-11-10-21(27-28-22)16-5-2-1-3-6-16/h1-3,5-6,8-11,13,18H,4,7,12,14-15H2,(H,26,30). The summed E-state index contributed by atoms with van der Waals surface area (Å²) in [5.41, 5.74) is 2.06. The van der Waals surface area contributed by atoms with Crippen molar-refractivity contribution in [2.75, 3.05) is 18.0 Å². The molecule has 4 rings (SSSR count). The van der Waals surface area contributed by atoms with Gasteiger partial charge in [0.05, 0.1) is 11.6 Å². The van der Waals surface area contributed by atoms with Gasteiger partial charge in [0.1, 0.15) is 11.6 Å². The monoisotopic (exact) mass is 408 g/mol. The van der Waals surface area contributed by atoms with Crippen LogP contribution in [0.1, 0.15) is 18.4 Å². The van der Waals surface area contributed by atoms with Gasteiger partial charge in [0.25, 0.3) is 0 Å². The van der Waals surface area contributed by atoms with Crippen LogP contribution in [0, 0.1) is 17.6 Å². The molecule has 7 heteroatoms. The summed E-state index contributed by atoms with van der Waals surface area (Å²) in [6.45, 7) is 1.36. The Morgan fingerprint density at radius 3 is 2.63 bits per heavy atom. The molecule has 0 spiro atoms. The van der Waals surface area contributed by atoms with Gasteiger partial charge in [-0.1, -0.05) is 36.4 Å². The van der Waals surface area contributed by atoms with E-state index in [1.807, 2.05) is 47.4 Å². The Kier molecular flexibility index (Phi) is 5.97. The fourth-order valence-corrected chi connectivity index (χ4v) is 3.65. The van der Waals surface area contributed by atoms with Crippen LogP contribution in [-0.2, 0) is 11.3 Å². The number of hydrogen-bond acceptors (Lipinski definition) is 4. The highest BCUT2D eigenvalue weighted by Crippen LogP contribution is 2.23. The Labute approximate surface area is 173 Å². The Hall–Kier alpha value is -3.35. The first kappa shape index (κ1) is 19.9. The average Bonchev–Trinajstić information content (AvgIpc) is 2.79. The molecule has 30 heavy (non-hydrogen) atoms. The quantitative estimate of drug-likeness (QED) is 0.695. The van der Waals surface area contributed by atoms with Crippen LogP contribution in [0.15, 0.2) is 60.7 Å². The second-order valence-corrected chi connectivity index (χ2v) is 7.38. The molecule has 1 aromatic heterocycles. The fraction of sp³-hybridized carbons (Fsp3) is 0.261. The topological polar surface area (TPSA) is 58.1 Å². The molecule has 154 valence electrons. The van der Waals surface area contributed by atoms with Crippen molar-refractivity contribution in [1.29, 1.82) is 0 Å². The molecule has 1 aliphatic heterocycles. The van der Waals surface area contributed by atoms with Crippen molar-refractivity contribution in [3.05, 3.63) is 77.9 Å². The average molecular weight is 408 g/mol. The van der Waals surface area contributed by atoms with Crippen LogP contribution in [0.3, 0.4) is 0 Å². The number of amides is 1. The molecule has 5 nitrogen and oxygen atoms in total. The number of nitrogens with zero attached hydrogens (tertiary/aromatic N) is 3. The lowest BCUT2D eigenvalue weighted by atomic mass is 9.97. The van der Waals surface area contributed by atoms with E-state index in [0.717, 1.165) is 42.5 Å². The summed E-state index contributed by atoms with van der Waals surface area (Å²) in [6.07, 6.45) is 1.61. The third kappa shape index (κ3) is 4.62. The molecule has 0 aliphatic carbocycles. The Morgan fingerprint density at radius 1 is 1.07 bits per heavy atom. The summed E-state index contributed by atoms with van der Waals surface area (Å²) in [5, 5.41) is 11.4. The minimum Gasteiger partial charge on any atom is -0.354 e. The third-order valence-electron chi connectivity index (χ3n) is 5.30. The molecule has 1 saturated heterocycles. The van der Waals surface area contributed by atoms with E-state index in [4.69, 9.17) is 0 Å². The number of piperidine rings is 1. The zero-order chi connectivity index (χ0) is 20.9. The number of rotatable bonds is 5.